The van der Waals surface area contributed by atoms with Crippen molar-refractivity contribution in [2.75, 3.05) is 0 Å². The lowest BCUT2D eigenvalue weighted by Gasteiger charge is -2.04. The van der Waals surface area contributed by atoms with Crippen LogP contribution in [-0.2, 0) is 0 Å². The number of nitrogens with zero attached hydrogens (tertiary/aromatic N) is 3. The van der Waals surface area contributed by atoms with Gasteiger partial charge in [-0.05, 0) is 12.1 Å². The molecule has 0 atom stereocenters. The van der Waals surface area contributed by atoms with Crippen molar-refractivity contribution in [1.29, 1.82) is 0 Å². The third kappa shape index (κ3) is 3.46. The second-order valence-corrected chi connectivity index (χ2v) is 10.2. The maximum absolute atomic E-state index is 5.80. The number of hydrogen-bond donors (Lipinski definition) is 0. The summed E-state index contributed by atoms with van der Waals surface area (Å²) >= 11 is 5.80. The zero-order valence-electron chi connectivity index (χ0n) is 10.6. The molecule has 3 nitrogen and oxygen atoms in total. The van der Waals surface area contributed by atoms with Gasteiger partial charge in [-0.25, -0.2) is 4.68 Å². The molecule has 0 bridgehead atoms. The fourth-order valence-corrected chi connectivity index (χ4v) is 1.98. The van der Waals surface area contributed by atoms with Crippen molar-refractivity contribution in [2.24, 2.45) is 0 Å². The van der Waals surface area contributed by atoms with Crippen LogP contribution in [0.1, 0.15) is 5.56 Å². The van der Waals surface area contributed by atoms with Gasteiger partial charge in [0.25, 0.3) is 0 Å². The summed E-state index contributed by atoms with van der Waals surface area (Å²) in [6.07, 6.45) is 5.31. The van der Waals surface area contributed by atoms with E-state index in [4.69, 9.17) is 11.6 Å². The standard InChI is InChI=1S/C13H14ClN3Si/c1-18(2,3)7-5-11-8-12(10-15-9-11)17-6-4-13(14)16-17/h4,6,8-10H,1-3H3. The number of halogens is 1. The molecule has 0 aliphatic heterocycles. The van der Waals surface area contributed by atoms with Gasteiger partial charge < -0.3 is 0 Å². The van der Waals surface area contributed by atoms with E-state index in [0.717, 1.165) is 11.3 Å². The fraction of sp³-hybridized carbons (Fsp3) is 0.231. The van der Waals surface area contributed by atoms with Crippen LogP contribution >= 0.6 is 11.6 Å². The van der Waals surface area contributed by atoms with Gasteiger partial charge >= 0.3 is 0 Å². The highest BCUT2D eigenvalue weighted by Gasteiger charge is 2.07. The minimum Gasteiger partial charge on any atom is -0.261 e. The summed E-state index contributed by atoms with van der Waals surface area (Å²) in [5.74, 6) is 3.18. The van der Waals surface area contributed by atoms with E-state index in [-0.39, 0.29) is 0 Å². The Hall–Kier alpha value is -1.57. The van der Waals surface area contributed by atoms with Crippen molar-refractivity contribution in [3.63, 3.8) is 0 Å². The van der Waals surface area contributed by atoms with Crippen LogP contribution in [0, 0.1) is 11.5 Å². The Kier molecular flexibility index (Phi) is 3.55. The SMILES string of the molecule is C[Si](C)(C)C#Cc1cncc(-n2ccc(Cl)n2)c1. The van der Waals surface area contributed by atoms with Crippen LogP contribution in [0.25, 0.3) is 5.69 Å². The highest BCUT2D eigenvalue weighted by molar-refractivity contribution is 6.83. The molecule has 0 aromatic carbocycles. The molecule has 0 saturated carbocycles. The smallest absolute Gasteiger partial charge is 0.151 e. The molecule has 2 rings (SSSR count). The quantitative estimate of drug-likeness (QED) is 0.591. The zero-order chi connectivity index (χ0) is 13.2. The Morgan fingerprint density at radius 3 is 2.67 bits per heavy atom. The minimum atomic E-state index is -1.36. The molecule has 2 aromatic heterocycles. The van der Waals surface area contributed by atoms with Crippen LogP contribution in [0.2, 0.25) is 24.8 Å². The maximum atomic E-state index is 5.80. The van der Waals surface area contributed by atoms with Crippen LogP contribution in [0.15, 0.2) is 30.7 Å². The first-order valence-corrected chi connectivity index (χ1v) is 9.52. The van der Waals surface area contributed by atoms with Crippen LogP contribution in [0.5, 0.6) is 0 Å². The van der Waals surface area contributed by atoms with Crippen LogP contribution in [-0.4, -0.2) is 22.8 Å². The number of hydrogen-bond acceptors (Lipinski definition) is 2. The Bertz CT molecular complexity index is 617. The fourth-order valence-electron chi connectivity index (χ4n) is 1.33. The first-order valence-electron chi connectivity index (χ1n) is 5.64. The van der Waals surface area contributed by atoms with E-state index in [1.165, 1.54) is 0 Å². The monoisotopic (exact) mass is 275 g/mol. The van der Waals surface area contributed by atoms with Gasteiger partial charge in [-0.1, -0.05) is 37.2 Å². The molecule has 0 aliphatic carbocycles. The average molecular weight is 276 g/mol. The minimum absolute atomic E-state index is 0.466. The van der Waals surface area contributed by atoms with E-state index in [2.05, 4.69) is 41.2 Å². The number of pyridine rings is 1. The lowest BCUT2D eigenvalue weighted by Crippen LogP contribution is -2.16. The maximum Gasteiger partial charge on any atom is 0.151 e. The molecule has 0 radical (unpaired) electrons. The van der Waals surface area contributed by atoms with Crippen molar-refractivity contribution in [3.8, 4) is 17.2 Å². The molecule has 0 N–H and O–H groups in total. The molecule has 18 heavy (non-hydrogen) atoms. The van der Waals surface area contributed by atoms with E-state index >= 15 is 0 Å². The van der Waals surface area contributed by atoms with Gasteiger partial charge in [0.05, 0.1) is 11.9 Å². The first-order chi connectivity index (χ1) is 8.44. The lowest BCUT2D eigenvalue weighted by molar-refractivity contribution is 0.873. The molecule has 2 aromatic rings. The van der Waals surface area contributed by atoms with Crippen molar-refractivity contribution in [2.45, 2.75) is 19.6 Å². The Labute approximate surface area is 113 Å². The molecule has 0 amide bonds. The van der Waals surface area contributed by atoms with Crippen molar-refractivity contribution >= 4 is 19.7 Å². The third-order valence-corrected chi connectivity index (χ3v) is 3.20. The molecule has 5 heteroatoms. The number of aromatic nitrogens is 3. The van der Waals surface area contributed by atoms with Gasteiger partial charge in [-0.2, -0.15) is 5.10 Å². The Balaban J connectivity index is 2.33. The van der Waals surface area contributed by atoms with Gasteiger partial charge in [-0.15, -0.1) is 5.54 Å². The van der Waals surface area contributed by atoms with Crippen molar-refractivity contribution in [1.82, 2.24) is 14.8 Å². The predicted molar refractivity (Wildman–Crippen MR) is 76.6 cm³/mol. The highest BCUT2D eigenvalue weighted by Crippen LogP contribution is 2.11. The largest absolute Gasteiger partial charge is 0.261 e. The van der Waals surface area contributed by atoms with E-state index in [9.17, 15) is 0 Å². The summed E-state index contributed by atoms with van der Waals surface area (Å²) in [5.41, 5.74) is 5.08. The van der Waals surface area contributed by atoms with Gasteiger partial charge in [0.2, 0.25) is 0 Å². The molecule has 2 heterocycles. The Morgan fingerprint density at radius 2 is 2.06 bits per heavy atom. The van der Waals surface area contributed by atoms with Crippen LogP contribution in [0.4, 0.5) is 0 Å². The third-order valence-electron chi connectivity index (χ3n) is 2.13. The van der Waals surface area contributed by atoms with Gasteiger partial charge in [0, 0.05) is 18.0 Å². The van der Waals surface area contributed by atoms with E-state index in [0.29, 0.717) is 5.15 Å². The summed E-state index contributed by atoms with van der Waals surface area (Å²) < 4.78 is 1.69. The normalized spacial score (nSPS) is 10.9. The van der Waals surface area contributed by atoms with Gasteiger partial charge in [0.1, 0.15) is 8.07 Å². The van der Waals surface area contributed by atoms with Crippen molar-refractivity contribution in [3.05, 3.63) is 41.4 Å². The van der Waals surface area contributed by atoms with Gasteiger partial charge in [0.15, 0.2) is 5.15 Å². The first kappa shape index (κ1) is 12.9. The molecule has 92 valence electrons. The van der Waals surface area contributed by atoms with E-state index in [1.54, 1.807) is 29.3 Å². The second-order valence-electron chi connectivity index (χ2n) is 5.01. The highest BCUT2D eigenvalue weighted by atomic mass is 35.5. The molecule has 0 fully saturated rings. The summed E-state index contributed by atoms with van der Waals surface area (Å²) in [4.78, 5) is 4.18. The lowest BCUT2D eigenvalue weighted by atomic mass is 10.3. The number of rotatable bonds is 1. The molecular weight excluding hydrogens is 262 g/mol. The van der Waals surface area contributed by atoms with Crippen molar-refractivity contribution < 1.29 is 0 Å². The summed E-state index contributed by atoms with van der Waals surface area (Å²) in [7, 11) is -1.36. The molecule has 0 saturated heterocycles. The summed E-state index contributed by atoms with van der Waals surface area (Å²) in [6.45, 7) is 6.64. The summed E-state index contributed by atoms with van der Waals surface area (Å²) in [5, 5.41) is 4.60. The van der Waals surface area contributed by atoms with Crippen LogP contribution < -0.4 is 0 Å². The Morgan fingerprint density at radius 1 is 1.28 bits per heavy atom. The van der Waals surface area contributed by atoms with Gasteiger partial charge in [-0.3, -0.25) is 4.98 Å². The van der Waals surface area contributed by atoms with Crippen LogP contribution in [0.3, 0.4) is 0 Å². The molecule has 0 spiro atoms. The zero-order valence-corrected chi connectivity index (χ0v) is 12.4. The van der Waals surface area contributed by atoms with E-state index < -0.39 is 8.07 Å². The second kappa shape index (κ2) is 4.97. The summed E-state index contributed by atoms with van der Waals surface area (Å²) in [6, 6.07) is 3.70. The molecule has 0 aliphatic rings. The van der Waals surface area contributed by atoms with E-state index in [1.807, 2.05) is 6.07 Å². The topological polar surface area (TPSA) is 30.7 Å². The predicted octanol–water partition coefficient (Wildman–Crippen LogP) is 3.15. The molecule has 0 unspecified atom stereocenters. The average Bonchev–Trinajstić information content (AvgIpc) is 2.73. The molecular formula is C13H14ClN3Si.